The van der Waals surface area contributed by atoms with Gasteiger partial charge in [0.05, 0.1) is 17.2 Å². The van der Waals surface area contributed by atoms with E-state index in [0.29, 0.717) is 12.4 Å². The molecule has 0 bridgehead atoms. The molecule has 1 N–H and O–H groups in total. The van der Waals surface area contributed by atoms with Crippen LogP contribution < -0.4 is 14.4 Å². The fourth-order valence-electron chi connectivity index (χ4n) is 3.86. The van der Waals surface area contributed by atoms with Crippen LogP contribution in [0.2, 0.25) is 0 Å². The molecule has 0 aliphatic carbocycles. The first kappa shape index (κ1) is 27.7. The quantitative estimate of drug-likeness (QED) is 0.413. The number of ether oxygens (including phenoxy) is 1. The second-order valence-electron chi connectivity index (χ2n) is 8.52. The van der Waals surface area contributed by atoms with Gasteiger partial charge in [0.15, 0.2) is 0 Å². The van der Waals surface area contributed by atoms with Crippen LogP contribution in [-0.4, -0.2) is 51.4 Å². The molecule has 0 aliphatic rings. The Morgan fingerprint density at radius 1 is 0.946 bits per heavy atom. The van der Waals surface area contributed by atoms with E-state index in [0.717, 1.165) is 15.4 Å². The van der Waals surface area contributed by atoms with Crippen LogP contribution in [0.15, 0.2) is 83.8 Å². The van der Waals surface area contributed by atoms with Gasteiger partial charge in [0.1, 0.15) is 18.3 Å². The number of para-hydroxylation sites is 2. The maximum atomic E-state index is 13.9. The van der Waals surface area contributed by atoms with Gasteiger partial charge in [0, 0.05) is 13.6 Å². The van der Waals surface area contributed by atoms with Crippen LogP contribution in [0, 0.1) is 6.92 Å². The summed E-state index contributed by atoms with van der Waals surface area (Å²) in [7, 11) is -2.66. The predicted molar refractivity (Wildman–Crippen MR) is 144 cm³/mol. The lowest BCUT2D eigenvalue weighted by atomic mass is 10.1. The number of aryl methyl sites for hydroxylation is 1. The highest BCUT2D eigenvalue weighted by Crippen LogP contribution is 2.33. The van der Waals surface area contributed by atoms with Crippen molar-refractivity contribution in [1.82, 2.24) is 10.2 Å². The van der Waals surface area contributed by atoms with Crippen LogP contribution >= 0.6 is 0 Å². The maximum Gasteiger partial charge on any atom is 0.264 e. The molecule has 0 fully saturated rings. The average molecular weight is 524 g/mol. The third-order valence-corrected chi connectivity index (χ3v) is 7.71. The van der Waals surface area contributed by atoms with Crippen LogP contribution in [0.5, 0.6) is 5.75 Å². The molecule has 3 aromatic rings. The second-order valence-corrected chi connectivity index (χ2v) is 10.4. The van der Waals surface area contributed by atoms with E-state index in [-0.39, 0.29) is 23.0 Å². The highest BCUT2D eigenvalue weighted by molar-refractivity contribution is 7.92. The van der Waals surface area contributed by atoms with Gasteiger partial charge in [-0.25, -0.2) is 8.42 Å². The van der Waals surface area contributed by atoms with E-state index in [1.54, 1.807) is 50.2 Å². The number of sulfonamides is 1. The Kier molecular flexibility index (Phi) is 9.30. The minimum absolute atomic E-state index is 0.0474. The van der Waals surface area contributed by atoms with Gasteiger partial charge >= 0.3 is 0 Å². The van der Waals surface area contributed by atoms with Gasteiger partial charge in [0.2, 0.25) is 11.8 Å². The highest BCUT2D eigenvalue weighted by Gasteiger charge is 2.33. The summed E-state index contributed by atoms with van der Waals surface area (Å²) in [6.45, 7) is 5.22. The number of nitrogens with one attached hydrogen (secondary N) is 1. The number of amides is 2. The van der Waals surface area contributed by atoms with E-state index in [1.807, 2.05) is 37.3 Å². The Balaban J connectivity index is 2.08. The minimum Gasteiger partial charge on any atom is -0.492 e. The Morgan fingerprint density at radius 2 is 1.57 bits per heavy atom. The Hall–Kier alpha value is -3.85. The summed E-state index contributed by atoms with van der Waals surface area (Å²) < 4.78 is 34.6. The highest BCUT2D eigenvalue weighted by atomic mass is 32.2. The van der Waals surface area contributed by atoms with E-state index < -0.39 is 28.5 Å². The van der Waals surface area contributed by atoms with Crippen LogP contribution in [0.1, 0.15) is 25.0 Å². The van der Waals surface area contributed by atoms with Crippen molar-refractivity contribution in [3.05, 3.63) is 90.0 Å². The van der Waals surface area contributed by atoms with Crippen molar-refractivity contribution in [3.8, 4) is 5.75 Å². The van der Waals surface area contributed by atoms with Crippen molar-refractivity contribution in [2.45, 2.75) is 38.3 Å². The normalized spacial score (nSPS) is 11.9. The summed E-state index contributed by atoms with van der Waals surface area (Å²) in [4.78, 5) is 27.8. The lowest BCUT2D eigenvalue weighted by molar-refractivity contribution is -0.139. The van der Waals surface area contributed by atoms with Crippen LogP contribution in [0.3, 0.4) is 0 Å². The van der Waals surface area contributed by atoms with Crippen molar-refractivity contribution in [2.24, 2.45) is 0 Å². The molecule has 0 spiro atoms. The van der Waals surface area contributed by atoms with Gasteiger partial charge in [-0.05, 0) is 50.6 Å². The molecule has 2 amide bonds. The summed E-state index contributed by atoms with van der Waals surface area (Å²) in [5.41, 5.74) is 1.96. The van der Waals surface area contributed by atoms with E-state index in [1.165, 1.54) is 24.1 Å². The predicted octanol–water partition coefficient (Wildman–Crippen LogP) is 3.75. The molecule has 0 saturated carbocycles. The molecule has 37 heavy (non-hydrogen) atoms. The molecule has 1 unspecified atom stereocenters. The lowest BCUT2D eigenvalue weighted by Gasteiger charge is -2.32. The van der Waals surface area contributed by atoms with Gasteiger partial charge in [-0.15, -0.1) is 0 Å². The number of hydrogen-bond acceptors (Lipinski definition) is 5. The molecule has 0 radical (unpaired) electrons. The number of likely N-dealkylation sites (N-methyl/N-ethyl adjacent to an activating group) is 1. The Labute approximate surface area is 218 Å². The zero-order valence-corrected chi connectivity index (χ0v) is 22.4. The molecule has 0 aliphatic heterocycles. The number of anilines is 1. The summed E-state index contributed by atoms with van der Waals surface area (Å²) in [5, 5.41) is 2.57. The summed E-state index contributed by atoms with van der Waals surface area (Å²) >= 11 is 0. The summed E-state index contributed by atoms with van der Waals surface area (Å²) in [6, 6.07) is 21.5. The molecule has 196 valence electrons. The monoisotopic (exact) mass is 523 g/mol. The molecule has 0 saturated heterocycles. The molecule has 9 heteroatoms. The Morgan fingerprint density at radius 3 is 2.19 bits per heavy atom. The molecule has 1 atom stereocenters. The van der Waals surface area contributed by atoms with Gasteiger partial charge in [-0.3, -0.25) is 13.9 Å². The third kappa shape index (κ3) is 6.68. The molecule has 0 heterocycles. The molecule has 3 aromatic carbocycles. The molecule has 3 rings (SSSR count). The largest absolute Gasteiger partial charge is 0.492 e. The lowest BCUT2D eigenvalue weighted by Crippen LogP contribution is -2.50. The van der Waals surface area contributed by atoms with Crippen molar-refractivity contribution >= 4 is 27.5 Å². The van der Waals surface area contributed by atoms with Gasteiger partial charge < -0.3 is 15.0 Å². The van der Waals surface area contributed by atoms with Crippen LogP contribution in [0.25, 0.3) is 0 Å². The summed E-state index contributed by atoms with van der Waals surface area (Å²) in [6.07, 6.45) is 0. The van der Waals surface area contributed by atoms with Gasteiger partial charge in [-0.1, -0.05) is 60.2 Å². The number of nitrogens with zero attached hydrogens (tertiary/aromatic N) is 2. The van der Waals surface area contributed by atoms with Crippen molar-refractivity contribution < 1.29 is 22.7 Å². The number of benzene rings is 3. The van der Waals surface area contributed by atoms with E-state index in [9.17, 15) is 18.0 Å². The van der Waals surface area contributed by atoms with Crippen molar-refractivity contribution in [3.63, 3.8) is 0 Å². The van der Waals surface area contributed by atoms with E-state index in [2.05, 4.69) is 5.32 Å². The number of rotatable bonds is 11. The topological polar surface area (TPSA) is 96.0 Å². The zero-order valence-electron chi connectivity index (χ0n) is 21.5. The third-order valence-electron chi connectivity index (χ3n) is 5.93. The molecule has 8 nitrogen and oxygen atoms in total. The van der Waals surface area contributed by atoms with Gasteiger partial charge in [0.25, 0.3) is 10.0 Å². The molecular formula is C28H33N3O5S. The van der Waals surface area contributed by atoms with E-state index >= 15 is 0 Å². The minimum atomic E-state index is -4.16. The van der Waals surface area contributed by atoms with Crippen LogP contribution in [0.4, 0.5) is 5.69 Å². The van der Waals surface area contributed by atoms with Crippen molar-refractivity contribution in [1.29, 1.82) is 0 Å². The first-order valence-corrected chi connectivity index (χ1v) is 13.5. The first-order chi connectivity index (χ1) is 17.7. The summed E-state index contributed by atoms with van der Waals surface area (Å²) in [5.74, 6) is -0.545. The number of hydrogen-bond donors (Lipinski definition) is 1. The average Bonchev–Trinajstić information content (AvgIpc) is 2.90. The number of carbonyl (C=O) groups is 2. The Bertz CT molecular complexity index is 1310. The fourth-order valence-corrected chi connectivity index (χ4v) is 5.29. The van der Waals surface area contributed by atoms with Gasteiger partial charge in [-0.2, -0.15) is 0 Å². The number of carbonyl (C=O) groups excluding carboxylic acids is 2. The van der Waals surface area contributed by atoms with Crippen LogP contribution in [-0.2, 0) is 26.2 Å². The standard InChI is InChI=1S/C28H33N3O5S/c1-5-36-26-14-10-9-13-25(26)31(37(34,35)24-17-15-21(2)16-18-24)20-27(32)30(22(3)28(33)29-4)19-23-11-7-6-8-12-23/h6-18,22H,5,19-20H2,1-4H3,(H,29,33). The molecule has 0 aromatic heterocycles. The second kappa shape index (κ2) is 12.4. The smallest absolute Gasteiger partial charge is 0.264 e. The molecular weight excluding hydrogens is 490 g/mol. The maximum absolute atomic E-state index is 13.9. The zero-order chi connectivity index (χ0) is 27.0. The SMILES string of the molecule is CCOc1ccccc1N(CC(=O)N(Cc1ccccc1)C(C)C(=O)NC)S(=O)(=O)c1ccc(C)cc1. The van der Waals surface area contributed by atoms with Crippen molar-refractivity contribution in [2.75, 3.05) is 24.5 Å². The van der Waals surface area contributed by atoms with E-state index in [4.69, 9.17) is 4.74 Å². The first-order valence-electron chi connectivity index (χ1n) is 12.0. The fraction of sp³-hybridized carbons (Fsp3) is 0.286.